The van der Waals surface area contributed by atoms with Gasteiger partial charge in [-0.15, -0.1) is 0 Å². The molecular formula is C18H16BrNO5. The van der Waals surface area contributed by atoms with Gasteiger partial charge in [0.2, 0.25) is 0 Å². The molecule has 130 valence electrons. The molecule has 1 amide bonds. The fourth-order valence-electron chi connectivity index (χ4n) is 2.79. The van der Waals surface area contributed by atoms with Crippen molar-refractivity contribution in [2.24, 2.45) is 0 Å². The number of benzene rings is 2. The van der Waals surface area contributed by atoms with E-state index in [1.807, 2.05) is 0 Å². The van der Waals surface area contributed by atoms with Crippen LogP contribution in [0.4, 0.5) is 5.69 Å². The summed E-state index contributed by atoms with van der Waals surface area (Å²) in [7, 11) is 2.96. The second-order valence-corrected chi connectivity index (χ2v) is 6.62. The minimum Gasteiger partial charge on any atom is -0.497 e. The Bertz CT molecular complexity index is 844. The van der Waals surface area contributed by atoms with Crippen LogP contribution in [0, 0.1) is 0 Å². The molecule has 25 heavy (non-hydrogen) atoms. The van der Waals surface area contributed by atoms with Crippen LogP contribution in [0.25, 0.3) is 0 Å². The molecule has 0 aliphatic carbocycles. The molecule has 0 fully saturated rings. The molecule has 6 nitrogen and oxygen atoms in total. The molecule has 2 aromatic rings. The van der Waals surface area contributed by atoms with Gasteiger partial charge in [-0.1, -0.05) is 15.9 Å². The first kappa shape index (κ1) is 17.4. The first-order chi connectivity index (χ1) is 11.9. The monoisotopic (exact) mass is 405 g/mol. The Morgan fingerprint density at radius 2 is 1.80 bits per heavy atom. The van der Waals surface area contributed by atoms with Gasteiger partial charge in [0.05, 0.1) is 20.6 Å². The van der Waals surface area contributed by atoms with E-state index in [2.05, 4.69) is 21.2 Å². The van der Waals surface area contributed by atoms with E-state index < -0.39 is 23.7 Å². The number of Topliss-reactive ketones (excluding diaryl/α,β-unsaturated/α-hetero) is 1. The second kappa shape index (κ2) is 6.50. The molecule has 0 radical (unpaired) electrons. The average Bonchev–Trinajstić information content (AvgIpc) is 2.85. The topological polar surface area (TPSA) is 84.9 Å². The molecule has 1 heterocycles. The van der Waals surface area contributed by atoms with E-state index in [-0.39, 0.29) is 0 Å². The Hall–Kier alpha value is -2.38. The van der Waals surface area contributed by atoms with E-state index in [0.717, 1.165) is 0 Å². The molecule has 2 aromatic carbocycles. The van der Waals surface area contributed by atoms with Crippen molar-refractivity contribution < 1.29 is 24.2 Å². The van der Waals surface area contributed by atoms with Gasteiger partial charge in [-0.2, -0.15) is 0 Å². The highest BCUT2D eigenvalue weighted by Crippen LogP contribution is 2.40. The number of amides is 1. The summed E-state index contributed by atoms with van der Waals surface area (Å²) in [6, 6.07) is 9.78. The van der Waals surface area contributed by atoms with Crippen LogP contribution < -0.4 is 14.8 Å². The number of carbonyl (C=O) groups is 2. The molecule has 2 N–H and O–H groups in total. The third-order valence-electron chi connectivity index (χ3n) is 4.14. The highest BCUT2D eigenvalue weighted by Gasteiger charge is 2.47. The van der Waals surface area contributed by atoms with Crippen LogP contribution in [0.3, 0.4) is 0 Å². The number of ether oxygens (including phenoxy) is 2. The van der Waals surface area contributed by atoms with Gasteiger partial charge in [0.15, 0.2) is 11.4 Å². The predicted octanol–water partition coefficient (Wildman–Crippen LogP) is 2.88. The predicted molar refractivity (Wildman–Crippen MR) is 95.2 cm³/mol. The van der Waals surface area contributed by atoms with Gasteiger partial charge in [0.1, 0.15) is 11.5 Å². The highest BCUT2D eigenvalue weighted by molar-refractivity contribution is 9.10. The van der Waals surface area contributed by atoms with E-state index in [4.69, 9.17) is 9.47 Å². The number of rotatable bonds is 5. The van der Waals surface area contributed by atoms with Gasteiger partial charge >= 0.3 is 0 Å². The first-order valence-electron chi connectivity index (χ1n) is 7.47. The van der Waals surface area contributed by atoms with Crippen LogP contribution >= 0.6 is 15.9 Å². The lowest BCUT2D eigenvalue weighted by Gasteiger charge is -2.20. The summed E-state index contributed by atoms with van der Waals surface area (Å²) in [5, 5.41) is 13.5. The number of methoxy groups -OCH3 is 2. The van der Waals surface area contributed by atoms with Crippen LogP contribution in [0.1, 0.15) is 22.3 Å². The quantitative estimate of drug-likeness (QED) is 0.747. The number of hydrogen-bond acceptors (Lipinski definition) is 5. The zero-order chi connectivity index (χ0) is 18.2. The Morgan fingerprint density at radius 1 is 1.16 bits per heavy atom. The number of hydrogen-bond donors (Lipinski definition) is 2. The van der Waals surface area contributed by atoms with Gasteiger partial charge in [-0.25, -0.2) is 0 Å². The maximum absolute atomic E-state index is 12.7. The van der Waals surface area contributed by atoms with E-state index >= 15 is 0 Å². The largest absolute Gasteiger partial charge is 0.497 e. The lowest BCUT2D eigenvalue weighted by molar-refractivity contribution is -0.133. The SMILES string of the molecule is COc1cc(OC)cc(C(=O)CC2(O)C(=O)Nc3ccc(Br)cc32)c1. The van der Waals surface area contributed by atoms with Crippen molar-refractivity contribution in [3.8, 4) is 11.5 Å². The number of ketones is 1. The summed E-state index contributed by atoms with van der Waals surface area (Å²) in [6.07, 6.45) is -0.390. The van der Waals surface area contributed by atoms with Crippen molar-refractivity contribution >= 4 is 33.3 Å². The molecule has 1 atom stereocenters. The van der Waals surface area contributed by atoms with Crippen LogP contribution in [0.5, 0.6) is 11.5 Å². The van der Waals surface area contributed by atoms with E-state index in [1.54, 1.807) is 36.4 Å². The smallest absolute Gasteiger partial charge is 0.261 e. The lowest BCUT2D eigenvalue weighted by atomic mass is 9.88. The van der Waals surface area contributed by atoms with Gasteiger partial charge in [-0.3, -0.25) is 9.59 Å². The average molecular weight is 406 g/mol. The summed E-state index contributed by atoms with van der Waals surface area (Å²) < 4.78 is 11.0. The molecular weight excluding hydrogens is 390 g/mol. The maximum Gasteiger partial charge on any atom is 0.261 e. The first-order valence-corrected chi connectivity index (χ1v) is 8.27. The molecule has 1 aliphatic rings. The normalized spacial score (nSPS) is 18.5. The molecule has 1 aliphatic heterocycles. The number of nitrogens with one attached hydrogen (secondary N) is 1. The fraction of sp³-hybridized carbons (Fsp3) is 0.222. The third-order valence-corrected chi connectivity index (χ3v) is 4.63. The molecule has 0 bridgehead atoms. The van der Waals surface area contributed by atoms with E-state index in [0.29, 0.717) is 32.8 Å². The third kappa shape index (κ3) is 3.12. The number of fused-ring (bicyclic) bond motifs is 1. The van der Waals surface area contributed by atoms with Crippen LogP contribution in [-0.4, -0.2) is 31.0 Å². The molecule has 0 saturated carbocycles. The number of anilines is 1. The minimum absolute atomic E-state index is 0.292. The number of aliphatic hydroxyl groups is 1. The van der Waals surface area contributed by atoms with Gasteiger partial charge in [0.25, 0.3) is 5.91 Å². The summed E-state index contributed by atoms with van der Waals surface area (Å²) >= 11 is 3.32. The summed E-state index contributed by atoms with van der Waals surface area (Å²) in [5.74, 6) is -0.117. The molecule has 7 heteroatoms. The van der Waals surface area contributed by atoms with E-state index in [1.165, 1.54) is 14.2 Å². The molecule has 0 aromatic heterocycles. The van der Waals surface area contributed by atoms with Gasteiger partial charge < -0.3 is 19.9 Å². The van der Waals surface area contributed by atoms with Crippen molar-refractivity contribution in [2.45, 2.75) is 12.0 Å². The van der Waals surface area contributed by atoms with Crippen molar-refractivity contribution in [3.63, 3.8) is 0 Å². The molecule has 0 spiro atoms. The van der Waals surface area contributed by atoms with Crippen LogP contribution in [0.2, 0.25) is 0 Å². The molecule has 1 unspecified atom stereocenters. The summed E-state index contributed by atoms with van der Waals surface area (Å²) in [4.78, 5) is 25.0. The van der Waals surface area contributed by atoms with Crippen molar-refractivity contribution in [1.29, 1.82) is 0 Å². The zero-order valence-electron chi connectivity index (χ0n) is 13.6. The Balaban J connectivity index is 1.96. The lowest BCUT2D eigenvalue weighted by Crippen LogP contribution is -2.36. The van der Waals surface area contributed by atoms with Crippen molar-refractivity contribution in [2.75, 3.05) is 19.5 Å². The van der Waals surface area contributed by atoms with Crippen LogP contribution in [0.15, 0.2) is 40.9 Å². The highest BCUT2D eigenvalue weighted by atomic mass is 79.9. The Kier molecular flexibility index (Phi) is 4.53. The zero-order valence-corrected chi connectivity index (χ0v) is 15.2. The van der Waals surface area contributed by atoms with Gasteiger partial charge in [0, 0.05) is 27.4 Å². The standard InChI is InChI=1S/C18H16BrNO5/c1-24-12-5-10(6-13(8-12)25-2)16(21)9-18(23)14-7-11(19)3-4-15(14)20-17(18)22/h3-8,23H,9H2,1-2H3,(H,20,22). The minimum atomic E-state index is -1.92. The van der Waals surface area contributed by atoms with E-state index in [9.17, 15) is 14.7 Å². The fourth-order valence-corrected chi connectivity index (χ4v) is 3.16. The number of carbonyl (C=O) groups excluding carboxylic acids is 2. The van der Waals surface area contributed by atoms with Crippen LogP contribution in [-0.2, 0) is 10.4 Å². The van der Waals surface area contributed by atoms with Gasteiger partial charge in [-0.05, 0) is 30.3 Å². The Morgan fingerprint density at radius 3 is 2.40 bits per heavy atom. The number of halogens is 1. The Labute approximate surface area is 152 Å². The molecule has 3 rings (SSSR count). The maximum atomic E-state index is 12.7. The molecule has 0 saturated heterocycles. The summed E-state index contributed by atoms with van der Waals surface area (Å²) in [6.45, 7) is 0. The van der Waals surface area contributed by atoms with Crippen molar-refractivity contribution in [1.82, 2.24) is 0 Å². The second-order valence-electron chi connectivity index (χ2n) is 5.71. The summed E-state index contributed by atoms with van der Waals surface area (Å²) in [5.41, 5.74) is -0.769. The van der Waals surface area contributed by atoms with Crippen molar-refractivity contribution in [3.05, 3.63) is 52.0 Å².